The number of hydrogen-bond donors (Lipinski definition) is 2. The third kappa shape index (κ3) is 4.38. The summed E-state index contributed by atoms with van der Waals surface area (Å²) >= 11 is 11.9. The first-order valence-corrected chi connectivity index (χ1v) is 9.20. The summed E-state index contributed by atoms with van der Waals surface area (Å²) in [4.78, 5) is 38.8. The highest BCUT2D eigenvalue weighted by molar-refractivity contribution is 6.35. The van der Waals surface area contributed by atoms with Gasteiger partial charge in [-0.15, -0.1) is 0 Å². The Morgan fingerprint density at radius 2 is 1.72 bits per heavy atom. The van der Waals surface area contributed by atoms with Gasteiger partial charge in [-0.1, -0.05) is 23.2 Å². The molecule has 1 unspecified atom stereocenters. The summed E-state index contributed by atoms with van der Waals surface area (Å²) in [6, 6.07) is 8.45. The summed E-state index contributed by atoms with van der Waals surface area (Å²) in [5, 5.41) is 5.82. The van der Waals surface area contributed by atoms with E-state index >= 15 is 0 Å². The molecule has 2 N–H and O–H groups in total. The van der Waals surface area contributed by atoms with Gasteiger partial charge in [0.2, 0.25) is 11.8 Å². The molecule has 1 atom stereocenters. The molecule has 0 spiro atoms. The topological polar surface area (TPSA) is 97.0 Å². The van der Waals surface area contributed by atoms with Gasteiger partial charge in [0, 0.05) is 28.3 Å². The van der Waals surface area contributed by atoms with Crippen LogP contribution >= 0.6 is 23.2 Å². The maximum absolute atomic E-state index is 12.9. The van der Waals surface area contributed by atoms with Crippen molar-refractivity contribution in [2.45, 2.75) is 0 Å². The van der Waals surface area contributed by atoms with E-state index in [0.717, 1.165) is 4.90 Å². The fourth-order valence-electron chi connectivity index (χ4n) is 2.88. The summed E-state index contributed by atoms with van der Waals surface area (Å²) in [5.74, 6) is -1.64. The van der Waals surface area contributed by atoms with Gasteiger partial charge in [0.1, 0.15) is 5.92 Å². The highest BCUT2D eigenvalue weighted by Crippen LogP contribution is 2.33. The standard InChI is InChI=1S/C19H17Cl2N3O5/c1-28-15-4-3-13(8-16(15)29-2)24-18(26)14(9-22-19(24)27)17(25)23-12-6-10(20)5-11(21)7-12/h3-8,14H,9H2,1-2H3,(H,22,27)(H,23,25). The van der Waals surface area contributed by atoms with E-state index in [2.05, 4.69) is 10.6 Å². The lowest BCUT2D eigenvalue weighted by Crippen LogP contribution is -2.58. The van der Waals surface area contributed by atoms with Crippen LogP contribution in [0.4, 0.5) is 16.2 Å². The van der Waals surface area contributed by atoms with E-state index in [4.69, 9.17) is 32.7 Å². The molecule has 1 saturated heterocycles. The molecular weight excluding hydrogens is 421 g/mol. The van der Waals surface area contributed by atoms with Gasteiger partial charge in [-0.05, 0) is 30.3 Å². The molecule has 0 saturated carbocycles. The summed E-state index contributed by atoms with van der Waals surface area (Å²) < 4.78 is 10.4. The van der Waals surface area contributed by atoms with Gasteiger partial charge >= 0.3 is 6.03 Å². The van der Waals surface area contributed by atoms with Crippen molar-refractivity contribution in [3.63, 3.8) is 0 Å². The third-order valence-electron chi connectivity index (χ3n) is 4.25. The first-order chi connectivity index (χ1) is 13.8. The Balaban J connectivity index is 1.85. The molecular formula is C19H17Cl2N3O5. The van der Waals surface area contributed by atoms with Crippen LogP contribution in [-0.4, -0.2) is 38.6 Å². The minimum Gasteiger partial charge on any atom is -0.493 e. The van der Waals surface area contributed by atoms with E-state index in [9.17, 15) is 14.4 Å². The average Bonchev–Trinajstić information content (AvgIpc) is 2.67. The zero-order valence-corrected chi connectivity index (χ0v) is 17.0. The van der Waals surface area contributed by atoms with Crippen LogP contribution in [0.1, 0.15) is 0 Å². The van der Waals surface area contributed by atoms with Gasteiger partial charge in [0.25, 0.3) is 0 Å². The summed E-state index contributed by atoms with van der Waals surface area (Å²) in [6.07, 6.45) is 0. The number of ether oxygens (including phenoxy) is 2. The van der Waals surface area contributed by atoms with E-state index in [0.29, 0.717) is 27.2 Å². The Kier molecular flexibility index (Phi) is 6.14. The van der Waals surface area contributed by atoms with Crippen molar-refractivity contribution >= 4 is 52.4 Å². The number of nitrogens with one attached hydrogen (secondary N) is 2. The van der Waals surface area contributed by atoms with Gasteiger partial charge < -0.3 is 20.1 Å². The smallest absolute Gasteiger partial charge is 0.328 e. The number of carbonyl (C=O) groups excluding carboxylic acids is 3. The fraction of sp³-hybridized carbons (Fsp3) is 0.211. The van der Waals surface area contributed by atoms with Crippen molar-refractivity contribution in [1.29, 1.82) is 0 Å². The van der Waals surface area contributed by atoms with Crippen molar-refractivity contribution in [2.24, 2.45) is 5.92 Å². The molecule has 1 heterocycles. The second kappa shape index (κ2) is 8.59. The van der Waals surface area contributed by atoms with Crippen molar-refractivity contribution in [3.8, 4) is 11.5 Å². The Hall–Kier alpha value is -2.97. The molecule has 0 aliphatic carbocycles. The molecule has 3 rings (SSSR count). The zero-order valence-electron chi connectivity index (χ0n) is 15.5. The van der Waals surface area contributed by atoms with E-state index in [-0.39, 0.29) is 12.2 Å². The van der Waals surface area contributed by atoms with Crippen LogP contribution in [0.2, 0.25) is 10.0 Å². The van der Waals surface area contributed by atoms with Crippen LogP contribution in [0.25, 0.3) is 0 Å². The molecule has 4 amide bonds. The second-order valence-electron chi connectivity index (χ2n) is 6.10. The number of amides is 4. The SMILES string of the molecule is COc1ccc(N2C(=O)NCC(C(=O)Nc3cc(Cl)cc(Cl)c3)C2=O)cc1OC. The summed E-state index contributed by atoms with van der Waals surface area (Å²) in [5.41, 5.74) is 0.586. The van der Waals surface area contributed by atoms with Crippen LogP contribution in [0, 0.1) is 5.92 Å². The molecule has 0 bridgehead atoms. The van der Waals surface area contributed by atoms with E-state index in [1.54, 1.807) is 6.07 Å². The van der Waals surface area contributed by atoms with Crippen molar-refractivity contribution < 1.29 is 23.9 Å². The molecule has 0 aromatic heterocycles. The highest BCUT2D eigenvalue weighted by Gasteiger charge is 2.39. The lowest BCUT2D eigenvalue weighted by molar-refractivity contribution is -0.130. The number of benzene rings is 2. The molecule has 2 aromatic rings. The minimum atomic E-state index is -1.14. The van der Waals surface area contributed by atoms with Crippen LogP contribution in [0.15, 0.2) is 36.4 Å². The molecule has 2 aromatic carbocycles. The Morgan fingerprint density at radius 3 is 2.34 bits per heavy atom. The lowest BCUT2D eigenvalue weighted by atomic mass is 10.0. The number of urea groups is 1. The zero-order chi connectivity index (χ0) is 21.1. The number of methoxy groups -OCH3 is 2. The maximum atomic E-state index is 12.9. The number of nitrogens with zero attached hydrogens (tertiary/aromatic N) is 1. The quantitative estimate of drug-likeness (QED) is 0.699. The molecule has 10 heteroatoms. The van der Waals surface area contributed by atoms with Crippen LogP contribution in [-0.2, 0) is 9.59 Å². The van der Waals surface area contributed by atoms with Crippen molar-refractivity contribution in [3.05, 3.63) is 46.4 Å². The van der Waals surface area contributed by atoms with Crippen LogP contribution in [0.5, 0.6) is 11.5 Å². The average molecular weight is 438 g/mol. The van der Waals surface area contributed by atoms with E-state index in [1.807, 2.05) is 0 Å². The molecule has 1 fully saturated rings. The minimum absolute atomic E-state index is 0.137. The molecule has 1 aliphatic rings. The Morgan fingerprint density at radius 1 is 1.07 bits per heavy atom. The number of hydrogen-bond acceptors (Lipinski definition) is 5. The van der Waals surface area contributed by atoms with E-state index < -0.39 is 23.8 Å². The van der Waals surface area contributed by atoms with Gasteiger partial charge in [0.05, 0.1) is 19.9 Å². The third-order valence-corrected chi connectivity index (χ3v) is 4.69. The molecule has 0 radical (unpaired) electrons. The molecule has 29 heavy (non-hydrogen) atoms. The largest absolute Gasteiger partial charge is 0.493 e. The van der Waals surface area contributed by atoms with Crippen molar-refractivity contribution in [1.82, 2.24) is 5.32 Å². The number of imide groups is 1. The fourth-order valence-corrected chi connectivity index (χ4v) is 3.41. The first kappa shape index (κ1) is 20.8. The maximum Gasteiger partial charge on any atom is 0.328 e. The van der Waals surface area contributed by atoms with Crippen molar-refractivity contribution in [2.75, 3.05) is 31.0 Å². The Labute approximate surface area is 176 Å². The molecule has 1 aliphatic heterocycles. The monoisotopic (exact) mass is 437 g/mol. The summed E-state index contributed by atoms with van der Waals surface area (Å²) in [7, 11) is 2.91. The predicted octanol–water partition coefficient (Wildman–Crippen LogP) is 3.32. The number of carbonyl (C=O) groups is 3. The number of halogens is 2. The highest BCUT2D eigenvalue weighted by atomic mass is 35.5. The number of rotatable bonds is 5. The lowest BCUT2D eigenvalue weighted by Gasteiger charge is -2.31. The van der Waals surface area contributed by atoms with Gasteiger partial charge in [-0.2, -0.15) is 0 Å². The van der Waals surface area contributed by atoms with Gasteiger partial charge in [-0.3, -0.25) is 9.59 Å². The van der Waals surface area contributed by atoms with Crippen LogP contribution in [0.3, 0.4) is 0 Å². The van der Waals surface area contributed by atoms with Crippen LogP contribution < -0.4 is 25.0 Å². The molecule has 8 nitrogen and oxygen atoms in total. The van der Waals surface area contributed by atoms with Gasteiger partial charge in [-0.25, -0.2) is 9.69 Å². The second-order valence-corrected chi connectivity index (χ2v) is 6.97. The first-order valence-electron chi connectivity index (χ1n) is 8.45. The Bertz CT molecular complexity index is 962. The van der Waals surface area contributed by atoms with E-state index in [1.165, 1.54) is 44.6 Å². The molecule has 152 valence electrons. The number of anilines is 2. The predicted molar refractivity (Wildman–Crippen MR) is 109 cm³/mol. The summed E-state index contributed by atoms with van der Waals surface area (Å²) in [6.45, 7) is -0.137. The normalized spacial score (nSPS) is 16.3. The van der Waals surface area contributed by atoms with Gasteiger partial charge in [0.15, 0.2) is 11.5 Å².